The largest absolute Gasteiger partial charge is 0.354 e. The Labute approximate surface area is 140 Å². The van der Waals surface area contributed by atoms with Crippen molar-refractivity contribution in [3.8, 4) is 0 Å². The lowest BCUT2D eigenvalue weighted by atomic mass is 9.92. The van der Waals surface area contributed by atoms with Crippen LogP contribution in [0.3, 0.4) is 0 Å². The van der Waals surface area contributed by atoms with Crippen molar-refractivity contribution >= 4 is 5.96 Å². The van der Waals surface area contributed by atoms with Gasteiger partial charge in [-0.2, -0.15) is 5.10 Å². The van der Waals surface area contributed by atoms with Crippen LogP contribution in [0.5, 0.6) is 0 Å². The fourth-order valence-electron chi connectivity index (χ4n) is 3.57. The Bertz CT molecular complexity index is 511. The van der Waals surface area contributed by atoms with Crippen LogP contribution in [-0.2, 0) is 7.05 Å². The molecule has 6 nitrogen and oxygen atoms in total. The predicted molar refractivity (Wildman–Crippen MR) is 95.5 cm³/mol. The molecule has 23 heavy (non-hydrogen) atoms. The Morgan fingerprint density at radius 2 is 2.04 bits per heavy atom. The van der Waals surface area contributed by atoms with Crippen LogP contribution in [0.1, 0.15) is 31.9 Å². The maximum Gasteiger partial charge on any atom is 0.193 e. The third-order valence-corrected chi connectivity index (χ3v) is 4.57. The van der Waals surface area contributed by atoms with Gasteiger partial charge in [0.15, 0.2) is 5.96 Å². The smallest absolute Gasteiger partial charge is 0.193 e. The zero-order valence-corrected chi connectivity index (χ0v) is 15.5. The van der Waals surface area contributed by atoms with E-state index in [2.05, 4.69) is 59.3 Å². The summed E-state index contributed by atoms with van der Waals surface area (Å²) in [5.41, 5.74) is 1.22. The summed E-state index contributed by atoms with van der Waals surface area (Å²) in [6.45, 7) is 7.65. The van der Waals surface area contributed by atoms with E-state index in [4.69, 9.17) is 0 Å². The van der Waals surface area contributed by atoms with Crippen LogP contribution in [0.15, 0.2) is 17.4 Å². The molecule has 0 radical (unpaired) electrons. The molecule has 1 aromatic heterocycles. The van der Waals surface area contributed by atoms with E-state index in [0.717, 1.165) is 37.4 Å². The number of nitrogens with zero attached hydrogens (tertiary/aromatic N) is 5. The number of piperidine rings is 1. The first kappa shape index (κ1) is 17.8. The van der Waals surface area contributed by atoms with Crippen molar-refractivity contribution in [2.45, 2.75) is 26.3 Å². The average Bonchev–Trinajstić information content (AvgIpc) is 2.88. The molecule has 0 amide bonds. The fourth-order valence-corrected chi connectivity index (χ4v) is 3.57. The number of aliphatic imine (C=N–C) groups is 1. The van der Waals surface area contributed by atoms with Crippen molar-refractivity contribution in [1.29, 1.82) is 0 Å². The van der Waals surface area contributed by atoms with E-state index in [0.29, 0.717) is 0 Å². The highest BCUT2D eigenvalue weighted by molar-refractivity contribution is 5.80. The zero-order valence-electron chi connectivity index (χ0n) is 15.5. The van der Waals surface area contributed by atoms with E-state index in [1.54, 1.807) is 0 Å². The Morgan fingerprint density at radius 1 is 1.39 bits per heavy atom. The molecular formula is C17H32N6. The van der Waals surface area contributed by atoms with Crippen molar-refractivity contribution in [3.63, 3.8) is 0 Å². The molecule has 1 saturated heterocycles. The lowest BCUT2D eigenvalue weighted by molar-refractivity contribution is 0.206. The highest BCUT2D eigenvalue weighted by Gasteiger charge is 2.25. The van der Waals surface area contributed by atoms with Gasteiger partial charge in [0.25, 0.3) is 0 Å². The van der Waals surface area contributed by atoms with Gasteiger partial charge in [-0.1, -0.05) is 13.8 Å². The number of likely N-dealkylation sites (N-methyl/N-ethyl adjacent to an activating group) is 1. The average molecular weight is 320 g/mol. The molecule has 130 valence electrons. The van der Waals surface area contributed by atoms with Gasteiger partial charge in [0.1, 0.15) is 0 Å². The van der Waals surface area contributed by atoms with Gasteiger partial charge in [-0.15, -0.1) is 0 Å². The van der Waals surface area contributed by atoms with Crippen LogP contribution in [0.4, 0.5) is 0 Å². The Kier molecular flexibility index (Phi) is 6.04. The second-order valence-electron chi connectivity index (χ2n) is 7.21. The predicted octanol–water partition coefficient (Wildman–Crippen LogP) is 1.58. The lowest BCUT2D eigenvalue weighted by Gasteiger charge is -2.37. The molecule has 0 aromatic carbocycles. The monoisotopic (exact) mass is 320 g/mol. The molecule has 1 aromatic rings. The van der Waals surface area contributed by atoms with Crippen LogP contribution < -0.4 is 5.32 Å². The van der Waals surface area contributed by atoms with E-state index in [9.17, 15) is 0 Å². The molecule has 1 N–H and O–H groups in total. The minimum atomic E-state index is 0.278. The van der Waals surface area contributed by atoms with E-state index >= 15 is 0 Å². The molecule has 0 saturated carbocycles. The summed E-state index contributed by atoms with van der Waals surface area (Å²) in [6, 6.07) is 0.278. The third-order valence-electron chi connectivity index (χ3n) is 4.57. The van der Waals surface area contributed by atoms with Crippen molar-refractivity contribution in [2.24, 2.45) is 23.9 Å². The molecule has 3 unspecified atom stereocenters. The number of aryl methyl sites for hydroxylation is 1. The number of likely N-dealkylation sites (tertiary alicyclic amines) is 1. The van der Waals surface area contributed by atoms with Crippen LogP contribution in [0, 0.1) is 11.8 Å². The van der Waals surface area contributed by atoms with Gasteiger partial charge in [-0.3, -0.25) is 9.67 Å². The fraction of sp³-hybridized carbons (Fsp3) is 0.765. The molecule has 2 rings (SSSR count). The molecule has 3 atom stereocenters. The van der Waals surface area contributed by atoms with Gasteiger partial charge in [0.2, 0.25) is 0 Å². The maximum atomic E-state index is 4.50. The molecule has 1 fully saturated rings. The first-order chi connectivity index (χ1) is 10.9. The quantitative estimate of drug-likeness (QED) is 0.676. The first-order valence-corrected chi connectivity index (χ1v) is 8.51. The number of hydrogen-bond donors (Lipinski definition) is 1. The molecule has 0 bridgehead atoms. The van der Waals surface area contributed by atoms with E-state index in [1.807, 2.05) is 25.0 Å². The van der Waals surface area contributed by atoms with Crippen molar-refractivity contribution in [1.82, 2.24) is 24.9 Å². The summed E-state index contributed by atoms with van der Waals surface area (Å²) in [6.07, 6.45) is 5.34. The lowest BCUT2D eigenvalue weighted by Crippen LogP contribution is -2.49. The van der Waals surface area contributed by atoms with Crippen LogP contribution in [-0.4, -0.2) is 66.3 Å². The zero-order chi connectivity index (χ0) is 17.0. The number of nitrogens with one attached hydrogen (secondary N) is 1. The molecule has 6 heteroatoms. The highest BCUT2D eigenvalue weighted by atomic mass is 15.3. The minimum Gasteiger partial charge on any atom is -0.354 e. The molecule has 1 aliphatic rings. The number of rotatable bonds is 4. The van der Waals surface area contributed by atoms with Crippen molar-refractivity contribution in [3.05, 3.63) is 18.0 Å². The Morgan fingerprint density at radius 3 is 2.52 bits per heavy atom. The molecule has 1 aliphatic heterocycles. The second-order valence-corrected chi connectivity index (χ2v) is 7.21. The van der Waals surface area contributed by atoms with Gasteiger partial charge in [0, 0.05) is 45.5 Å². The topological polar surface area (TPSA) is 48.7 Å². The Balaban J connectivity index is 2.01. The molecular weight excluding hydrogens is 288 g/mol. The second kappa shape index (κ2) is 7.81. The van der Waals surface area contributed by atoms with Gasteiger partial charge in [-0.05, 0) is 32.4 Å². The summed E-state index contributed by atoms with van der Waals surface area (Å²) in [5.74, 6) is 2.46. The molecule has 0 aliphatic carbocycles. The van der Waals surface area contributed by atoms with Gasteiger partial charge < -0.3 is 15.1 Å². The summed E-state index contributed by atoms with van der Waals surface area (Å²) in [5, 5.41) is 7.87. The van der Waals surface area contributed by atoms with Gasteiger partial charge in [0.05, 0.1) is 12.2 Å². The normalized spacial score (nSPS) is 24.1. The van der Waals surface area contributed by atoms with Crippen LogP contribution >= 0.6 is 0 Å². The van der Waals surface area contributed by atoms with Crippen molar-refractivity contribution in [2.75, 3.05) is 40.8 Å². The molecule has 2 heterocycles. The minimum absolute atomic E-state index is 0.278. The van der Waals surface area contributed by atoms with Crippen molar-refractivity contribution < 1.29 is 0 Å². The number of hydrogen-bond acceptors (Lipinski definition) is 3. The summed E-state index contributed by atoms with van der Waals surface area (Å²) < 4.78 is 1.86. The van der Waals surface area contributed by atoms with Gasteiger partial charge >= 0.3 is 0 Å². The summed E-state index contributed by atoms with van der Waals surface area (Å²) in [4.78, 5) is 9.12. The number of aromatic nitrogens is 2. The Hall–Kier alpha value is -1.56. The van der Waals surface area contributed by atoms with Crippen LogP contribution in [0.25, 0.3) is 0 Å². The van der Waals surface area contributed by atoms with Gasteiger partial charge in [-0.25, -0.2) is 0 Å². The number of guanidine groups is 1. The maximum absolute atomic E-state index is 4.50. The highest BCUT2D eigenvalue weighted by Crippen LogP contribution is 2.21. The van der Waals surface area contributed by atoms with Crippen LogP contribution in [0.2, 0.25) is 0 Å². The van der Waals surface area contributed by atoms with E-state index in [-0.39, 0.29) is 6.04 Å². The van der Waals surface area contributed by atoms with E-state index in [1.165, 1.54) is 12.0 Å². The third kappa shape index (κ3) is 4.70. The summed E-state index contributed by atoms with van der Waals surface area (Å²) in [7, 11) is 8.04. The molecule has 0 spiro atoms. The summed E-state index contributed by atoms with van der Waals surface area (Å²) >= 11 is 0. The van der Waals surface area contributed by atoms with E-state index < -0.39 is 0 Å². The standard InChI is InChI=1S/C17H32N6/c1-13-7-14(2)11-23(10-13)17(18-3)19-9-16(21(4)5)15-8-20-22(6)12-15/h8,12-14,16H,7,9-11H2,1-6H3,(H,18,19). The first-order valence-electron chi connectivity index (χ1n) is 8.51. The SMILES string of the molecule is CN=C(NCC(c1cnn(C)c1)N(C)C)N1CC(C)CC(C)C1.